The molecule has 3 aromatic rings. The zero-order chi connectivity index (χ0) is 24.8. The van der Waals surface area contributed by atoms with Gasteiger partial charge in [0, 0.05) is 24.8 Å². The number of pyridine rings is 1. The molecule has 186 valence electrons. The fourth-order valence-electron chi connectivity index (χ4n) is 3.91. The Morgan fingerprint density at radius 3 is 2.43 bits per heavy atom. The lowest BCUT2D eigenvalue weighted by Crippen LogP contribution is -2.38. The van der Waals surface area contributed by atoms with Gasteiger partial charge < -0.3 is 15.2 Å². The van der Waals surface area contributed by atoms with E-state index < -0.39 is 18.0 Å². The summed E-state index contributed by atoms with van der Waals surface area (Å²) in [6, 6.07) is 19.4. The van der Waals surface area contributed by atoms with Crippen LogP contribution in [0.15, 0.2) is 66.7 Å². The maximum atomic E-state index is 13.6. The van der Waals surface area contributed by atoms with E-state index in [0.717, 1.165) is 17.2 Å². The standard InChI is InChI=1S/C28H31F3N2O2/c1-19-7-11-22(12-8-19)25-14-23(15-27(33-25)28(29,30)31)26(34)16-32-24(18-35-17-21-9-10-21)13-20-5-3-2-4-6-20/h2-8,11-12,14-15,21,24,26,32,34H,9-10,13,16-18H2,1H3/t24-,26+/m0/s1. The number of aryl methyl sites for hydroxylation is 1. The summed E-state index contributed by atoms with van der Waals surface area (Å²) in [7, 11) is 0. The number of aliphatic hydroxyl groups excluding tert-OH is 1. The van der Waals surface area contributed by atoms with E-state index in [1.54, 1.807) is 12.1 Å². The average molecular weight is 485 g/mol. The number of halogens is 3. The quantitative estimate of drug-likeness (QED) is 0.365. The second-order valence-electron chi connectivity index (χ2n) is 9.33. The lowest BCUT2D eigenvalue weighted by atomic mass is 10.0. The Bertz CT molecular complexity index is 1080. The number of nitrogens with one attached hydrogen (secondary N) is 1. The third-order valence-electron chi connectivity index (χ3n) is 6.16. The molecule has 0 aliphatic heterocycles. The monoisotopic (exact) mass is 484 g/mol. The summed E-state index contributed by atoms with van der Waals surface area (Å²) in [5, 5.41) is 14.2. The van der Waals surface area contributed by atoms with Crippen LogP contribution in [0.5, 0.6) is 0 Å². The first-order valence-corrected chi connectivity index (χ1v) is 12.0. The van der Waals surface area contributed by atoms with Crippen LogP contribution in [0.25, 0.3) is 11.3 Å². The van der Waals surface area contributed by atoms with Crippen molar-refractivity contribution in [3.05, 3.63) is 89.1 Å². The van der Waals surface area contributed by atoms with E-state index in [2.05, 4.69) is 10.3 Å². The van der Waals surface area contributed by atoms with Gasteiger partial charge >= 0.3 is 6.18 Å². The van der Waals surface area contributed by atoms with Crippen molar-refractivity contribution in [3.8, 4) is 11.3 Å². The molecule has 1 aromatic heterocycles. The highest BCUT2D eigenvalue weighted by Crippen LogP contribution is 2.32. The first-order valence-electron chi connectivity index (χ1n) is 12.0. The predicted molar refractivity (Wildman–Crippen MR) is 130 cm³/mol. The van der Waals surface area contributed by atoms with Crippen molar-refractivity contribution in [2.75, 3.05) is 19.8 Å². The smallest absolute Gasteiger partial charge is 0.387 e. The number of nitrogens with zero attached hydrogens (tertiary/aromatic N) is 1. The zero-order valence-electron chi connectivity index (χ0n) is 19.8. The maximum Gasteiger partial charge on any atom is 0.433 e. The van der Waals surface area contributed by atoms with Gasteiger partial charge in [-0.15, -0.1) is 0 Å². The Kier molecular flexibility index (Phi) is 8.21. The van der Waals surface area contributed by atoms with E-state index in [4.69, 9.17) is 4.74 Å². The first-order chi connectivity index (χ1) is 16.8. The molecule has 4 rings (SSSR count). The highest BCUT2D eigenvalue weighted by molar-refractivity contribution is 5.61. The van der Waals surface area contributed by atoms with E-state index in [0.29, 0.717) is 31.1 Å². The summed E-state index contributed by atoms with van der Waals surface area (Å²) >= 11 is 0. The van der Waals surface area contributed by atoms with Crippen LogP contribution in [0.3, 0.4) is 0 Å². The van der Waals surface area contributed by atoms with Crippen LogP contribution in [0.4, 0.5) is 13.2 Å². The predicted octanol–water partition coefficient (Wildman–Crippen LogP) is 5.74. The molecular formula is C28H31F3N2O2. The van der Waals surface area contributed by atoms with Gasteiger partial charge in [-0.3, -0.25) is 0 Å². The fraction of sp³-hybridized carbons (Fsp3) is 0.393. The molecule has 2 N–H and O–H groups in total. The normalized spacial score (nSPS) is 15.7. The number of hydrogen-bond donors (Lipinski definition) is 2. The van der Waals surface area contributed by atoms with Crippen LogP contribution >= 0.6 is 0 Å². The molecular weight excluding hydrogens is 453 g/mol. The fourth-order valence-corrected chi connectivity index (χ4v) is 3.91. The summed E-state index contributed by atoms with van der Waals surface area (Å²) in [6.07, 6.45) is -2.67. The van der Waals surface area contributed by atoms with Gasteiger partial charge in [-0.1, -0.05) is 60.2 Å². The molecule has 1 saturated carbocycles. The number of benzene rings is 2. The Labute approximate surface area is 204 Å². The first kappa shape index (κ1) is 25.4. The van der Waals surface area contributed by atoms with Crippen molar-refractivity contribution in [1.82, 2.24) is 10.3 Å². The molecule has 0 bridgehead atoms. The van der Waals surface area contributed by atoms with Crippen LogP contribution in [-0.2, 0) is 17.3 Å². The van der Waals surface area contributed by atoms with Crippen LogP contribution in [-0.4, -0.2) is 35.9 Å². The number of hydrogen-bond acceptors (Lipinski definition) is 4. The van der Waals surface area contributed by atoms with Crippen LogP contribution in [0.2, 0.25) is 0 Å². The van der Waals surface area contributed by atoms with Crippen LogP contribution < -0.4 is 5.32 Å². The van der Waals surface area contributed by atoms with E-state index in [1.165, 1.54) is 18.9 Å². The third-order valence-corrected chi connectivity index (χ3v) is 6.16. The summed E-state index contributed by atoms with van der Waals surface area (Å²) in [5.41, 5.74) is 2.03. The molecule has 0 amide bonds. The number of aliphatic hydroxyl groups is 1. The van der Waals surface area contributed by atoms with Gasteiger partial charge in [-0.05, 0) is 55.4 Å². The Morgan fingerprint density at radius 1 is 1.06 bits per heavy atom. The molecule has 2 aromatic carbocycles. The Balaban J connectivity index is 1.49. The number of rotatable bonds is 11. The van der Waals surface area contributed by atoms with Gasteiger partial charge in [0.1, 0.15) is 5.69 Å². The number of alkyl halides is 3. The highest BCUT2D eigenvalue weighted by atomic mass is 19.4. The number of ether oxygens (including phenoxy) is 1. The third kappa shape index (κ3) is 7.62. The number of aromatic nitrogens is 1. The Hall–Kier alpha value is -2.74. The van der Waals surface area contributed by atoms with Crippen molar-refractivity contribution < 1.29 is 23.0 Å². The average Bonchev–Trinajstić information content (AvgIpc) is 3.67. The van der Waals surface area contributed by atoms with Crippen LogP contribution in [0.1, 0.15) is 41.3 Å². The summed E-state index contributed by atoms with van der Waals surface area (Å²) in [4.78, 5) is 3.82. The molecule has 0 spiro atoms. The molecule has 35 heavy (non-hydrogen) atoms. The van der Waals surface area contributed by atoms with Crippen molar-refractivity contribution in [2.45, 2.75) is 44.5 Å². The summed E-state index contributed by atoms with van der Waals surface area (Å²) in [6.45, 7) is 3.19. The van der Waals surface area contributed by atoms with E-state index in [1.807, 2.05) is 49.4 Å². The topological polar surface area (TPSA) is 54.4 Å². The maximum absolute atomic E-state index is 13.6. The van der Waals surface area contributed by atoms with Gasteiger partial charge in [0.25, 0.3) is 0 Å². The molecule has 0 unspecified atom stereocenters. The van der Waals surface area contributed by atoms with Gasteiger partial charge in [0.05, 0.1) is 18.4 Å². The van der Waals surface area contributed by atoms with Crippen molar-refractivity contribution in [2.24, 2.45) is 5.92 Å². The van der Waals surface area contributed by atoms with Gasteiger partial charge in [0.15, 0.2) is 0 Å². The van der Waals surface area contributed by atoms with Gasteiger partial charge in [0.2, 0.25) is 0 Å². The summed E-state index contributed by atoms with van der Waals surface area (Å²) in [5.74, 6) is 0.635. The van der Waals surface area contributed by atoms with Crippen LogP contribution in [0, 0.1) is 12.8 Å². The lowest BCUT2D eigenvalue weighted by molar-refractivity contribution is -0.141. The minimum absolute atomic E-state index is 0.0775. The second-order valence-corrected chi connectivity index (χ2v) is 9.33. The molecule has 0 saturated heterocycles. The lowest BCUT2D eigenvalue weighted by Gasteiger charge is -2.22. The van der Waals surface area contributed by atoms with E-state index in [9.17, 15) is 18.3 Å². The molecule has 1 aliphatic rings. The molecule has 1 aliphatic carbocycles. The molecule has 2 atom stereocenters. The minimum Gasteiger partial charge on any atom is -0.387 e. The van der Waals surface area contributed by atoms with Crippen molar-refractivity contribution in [1.29, 1.82) is 0 Å². The van der Waals surface area contributed by atoms with E-state index >= 15 is 0 Å². The molecule has 1 fully saturated rings. The molecule has 4 nitrogen and oxygen atoms in total. The largest absolute Gasteiger partial charge is 0.433 e. The van der Waals surface area contributed by atoms with Crippen molar-refractivity contribution >= 4 is 0 Å². The van der Waals surface area contributed by atoms with E-state index in [-0.39, 0.29) is 23.8 Å². The highest BCUT2D eigenvalue weighted by Gasteiger charge is 2.34. The molecule has 0 radical (unpaired) electrons. The molecule has 1 heterocycles. The Morgan fingerprint density at radius 2 is 1.77 bits per heavy atom. The van der Waals surface area contributed by atoms with Gasteiger partial charge in [-0.2, -0.15) is 13.2 Å². The van der Waals surface area contributed by atoms with Crippen molar-refractivity contribution in [3.63, 3.8) is 0 Å². The van der Waals surface area contributed by atoms with Gasteiger partial charge in [-0.25, -0.2) is 4.98 Å². The minimum atomic E-state index is -4.62. The summed E-state index contributed by atoms with van der Waals surface area (Å²) < 4.78 is 46.6. The second kappa shape index (κ2) is 11.3. The zero-order valence-corrected chi connectivity index (χ0v) is 19.8. The SMILES string of the molecule is Cc1ccc(-c2cc([C@H](O)CN[C@H](COCC3CC3)Cc3ccccc3)cc(C(F)(F)F)n2)cc1. The molecule has 7 heteroatoms.